The number of amides is 1. The molecular weight excluding hydrogens is 420 g/mol. The van der Waals surface area contributed by atoms with Gasteiger partial charge in [-0.15, -0.1) is 0 Å². The largest absolute Gasteiger partial charge is 0.497 e. The number of ether oxygens (including phenoxy) is 1. The first-order valence-corrected chi connectivity index (χ1v) is 10.3. The summed E-state index contributed by atoms with van der Waals surface area (Å²) in [4.78, 5) is 39.3. The number of para-hydroxylation sites is 1. The van der Waals surface area contributed by atoms with E-state index in [0.717, 1.165) is 14.8 Å². The summed E-state index contributed by atoms with van der Waals surface area (Å²) in [5.41, 5.74) is 0.222. The lowest BCUT2D eigenvalue weighted by molar-refractivity contribution is 0.0941. The maximum absolute atomic E-state index is 13.2. The Bertz CT molecular complexity index is 1380. The van der Waals surface area contributed by atoms with Crippen LogP contribution in [0.15, 0.2) is 94.5 Å². The van der Waals surface area contributed by atoms with Gasteiger partial charge in [0.1, 0.15) is 5.75 Å². The first-order valence-electron chi connectivity index (χ1n) is 10.3. The van der Waals surface area contributed by atoms with Crippen molar-refractivity contribution in [3.63, 3.8) is 0 Å². The van der Waals surface area contributed by atoms with Crippen LogP contribution in [0.5, 0.6) is 5.75 Å². The van der Waals surface area contributed by atoms with Crippen LogP contribution in [0.4, 0.5) is 0 Å². The maximum atomic E-state index is 13.2. The van der Waals surface area contributed by atoms with E-state index in [1.54, 1.807) is 54.6 Å². The van der Waals surface area contributed by atoms with Crippen LogP contribution in [-0.2, 0) is 13.1 Å². The van der Waals surface area contributed by atoms with Crippen LogP contribution in [0.3, 0.4) is 0 Å². The molecule has 0 bridgehead atoms. The van der Waals surface area contributed by atoms with Gasteiger partial charge in [0, 0.05) is 6.54 Å². The summed E-state index contributed by atoms with van der Waals surface area (Å²) in [6, 6.07) is 25.0. The maximum Gasteiger partial charge on any atom is 0.352 e. The first-order chi connectivity index (χ1) is 16.1. The monoisotopic (exact) mass is 442 g/mol. The Kier molecular flexibility index (Phi) is 6.45. The highest BCUT2D eigenvalue weighted by atomic mass is 16.5. The van der Waals surface area contributed by atoms with Gasteiger partial charge in [-0.1, -0.05) is 60.7 Å². The topological polar surface area (TPSA) is 95.2 Å². The molecular formula is C25H22N4O4. The zero-order valence-corrected chi connectivity index (χ0v) is 18.0. The third kappa shape index (κ3) is 4.90. The molecule has 4 rings (SSSR count). The zero-order chi connectivity index (χ0) is 23.2. The van der Waals surface area contributed by atoms with Crippen molar-refractivity contribution in [2.24, 2.45) is 0 Å². The SMILES string of the molecule is COc1cccc(Cn2c(=O)c(C(=O)NCc3ccccc3)nn(-c3ccccc3)c2=O)c1. The molecule has 0 aliphatic heterocycles. The van der Waals surface area contributed by atoms with Gasteiger partial charge in [-0.05, 0) is 35.4 Å². The van der Waals surface area contributed by atoms with E-state index in [1.807, 2.05) is 30.3 Å². The van der Waals surface area contributed by atoms with E-state index in [0.29, 0.717) is 17.0 Å². The lowest BCUT2D eigenvalue weighted by atomic mass is 10.2. The minimum atomic E-state index is -0.763. The van der Waals surface area contributed by atoms with Gasteiger partial charge in [-0.2, -0.15) is 9.78 Å². The number of carbonyl (C=O) groups excluding carboxylic acids is 1. The highest BCUT2D eigenvalue weighted by Crippen LogP contribution is 2.13. The van der Waals surface area contributed by atoms with Gasteiger partial charge in [0.15, 0.2) is 0 Å². The summed E-state index contributed by atoms with van der Waals surface area (Å²) in [7, 11) is 1.54. The molecule has 0 fully saturated rings. The lowest BCUT2D eigenvalue weighted by Gasteiger charge is -2.13. The second-order valence-electron chi connectivity index (χ2n) is 7.29. The predicted octanol–water partition coefficient (Wildman–Crippen LogP) is 2.38. The van der Waals surface area contributed by atoms with Crippen molar-refractivity contribution < 1.29 is 9.53 Å². The molecule has 0 saturated carbocycles. The molecule has 3 aromatic carbocycles. The fourth-order valence-electron chi connectivity index (χ4n) is 3.35. The number of nitrogens with one attached hydrogen (secondary N) is 1. The number of carbonyl (C=O) groups is 1. The van der Waals surface area contributed by atoms with Crippen molar-refractivity contribution in [1.29, 1.82) is 0 Å². The highest BCUT2D eigenvalue weighted by molar-refractivity contribution is 5.91. The molecule has 0 aliphatic carbocycles. The van der Waals surface area contributed by atoms with E-state index < -0.39 is 17.2 Å². The van der Waals surface area contributed by atoms with Crippen molar-refractivity contribution in [3.05, 3.63) is 123 Å². The first kappa shape index (κ1) is 21.8. The van der Waals surface area contributed by atoms with E-state index in [4.69, 9.17) is 4.74 Å². The molecule has 0 radical (unpaired) electrons. The fourth-order valence-corrected chi connectivity index (χ4v) is 3.35. The molecule has 0 unspecified atom stereocenters. The minimum Gasteiger partial charge on any atom is -0.497 e. The van der Waals surface area contributed by atoms with Crippen molar-refractivity contribution in [3.8, 4) is 11.4 Å². The van der Waals surface area contributed by atoms with Crippen LogP contribution in [0.2, 0.25) is 0 Å². The predicted molar refractivity (Wildman–Crippen MR) is 124 cm³/mol. The van der Waals surface area contributed by atoms with Crippen molar-refractivity contribution in [1.82, 2.24) is 19.7 Å². The molecule has 33 heavy (non-hydrogen) atoms. The summed E-state index contributed by atoms with van der Waals surface area (Å²) in [5.74, 6) is -0.0632. The summed E-state index contributed by atoms with van der Waals surface area (Å²) in [5, 5.41) is 6.84. The molecule has 8 heteroatoms. The van der Waals surface area contributed by atoms with Gasteiger partial charge in [0.25, 0.3) is 11.5 Å². The van der Waals surface area contributed by atoms with Crippen molar-refractivity contribution in [2.45, 2.75) is 13.1 Å². The Morgan fingerprint density at radius 1 is 0.909 bits per heavy atom. The Morgan fingerprint density at radius 2 is 1.58 bits per heavy atom. The Hall–Kier alpha value is -4.46. The van der Waals surface area contributed by atoms with Crippen LogP contribution >= 0.6 is 0 Å². The summed E-state index contributed by atoms with van der Waals surface area (Å²) in [6.45, 7) is 0.185. The number of rotatable bonds is 7. The molecule has 8 nitrogen and oxygen atoms in total. The minimum absolute atomic E-state index is 0.0385. The highest BCUT2D eigenvalue weighted by Gasteiger charge is 2.20. The molecule has 1 heterocycles. The second kappa shape index (κ2) is 9.78. The molecule has 0 saturated heterocycles. The van der Waals surface area contributed by atoms with E-state index in [9.17, 15) is 14.4 Å². The Morgan fingerprint density at radius 3 is 2.27 bits per heavy atom. The summed E-state index contributed by atoms with van der Waals surface area (Å²) < 4.78 is 7.31. The summed E-state index contributed by atoms with van der Waals surface area (Å²) in [6.07, 6.45) is 0. The Balaban J connectivity index is 1.77. The van der Waals surface area contributed by atoms with Gasteiger partial charge in [0.2, 0.25) is 5.69 Å². The summed E-state index contributed by atoms with van der Waals surface area (Å²) >= 11 is 0. The van der Waals surface area contributed by atoms with Gasteiger partial charge in [0.05, 0.1) is 19.3 Å². The van der Waals surface area contributed by atoms with Crippen LogP contribution in [-0.4, -0.2) is 27.4 Å². The number of nitrogens with zero attached hydrogens (tertiary/aromatic N) is 3. The average molecular weight is 442 g/mol. The third-order valence-electron chi connectivity index (χ3n) is 5.05. The van der Waals surface area contributed by atoms with Gasteiger partial charge >= 0.3 is 5.69 Å². The van der Waals surface area contributed by atoms with Crippen LogP contribution in [0.1, 0.15) is 21.6 Å². The van der Waals surface area contributed by atoms with E-state index in [-0.39, 0.29) is 18.8 Å². The number of hydrogen-bond donors (Lipinski definition) is 1. The smallest absolute Gasteiger partial charge is 0.352 e. The number of benzene rings is 3. The van der Waals surface area contributed by atoms with E-state index in [1.165, 1.54) is 7.11 Å². The van der Waals surface area contributed by atoms with Gasteiger partial charge < -0.3 is 10.1 Å². The number of hydrogen-bond acceptors (Lipinski definition) is 5. The van der Waals surface area contributed by atoms with Crippen molar-refractivity contribution >= 4 is 5.91 Å². The van der Waals surface area contributed by atoms with Gasteiger partial charge in [-0.3, -0.25) is 14.2 Å². The van der Waals surface area contributed by atoms with E-state index >= 15 is 0 Å². The molecule has 1 aromatic heterocycles. The van der Waals surface area contributed by atoms with Crippen LogP contribution in [0.25, 0.3) is 5.69 Å². The molecule has 1 N–H and O–H groups in total. The normalized spacial score (nSPS) is 10.6. The number of methoxy groups -OCH3 is 1. The molecule has 1 amide bonds. The van der Waals surface area contributed by atoms with E-state index in [2.05, 4.69) is 10.4 Å². The fraction of sp³-hybridized carbons (Fsp3) is 0.120. The molecule has 0 atom stereocenters. The molecule has 0 aliphatic rings. The quantitative estimate of drug-likeness (QED) is 0.474. The number of aromatic nitrogens is 3. The van der Waals surface area contributed by atoms with Crippen molar-refractivity contribution in [2.75, 3.05) is 7.11 Å². The van der Waals surface area contributed by atoms with Crippen LogP contribution < -0.4 is 21.3 Å². The Labute approximate surface area is 189 Å². The lowest BCUT2D eigenvalue weighted by Crippen LogP contribution is -2.46. The standard InChI is InChI=1S/C25H22N4O4/c1-33-21-14-8-11-19(15-21)17-28-24(31)22(23(30)26-16-18-9-4-2-5-10-18)27-29(25(28)32)20-12-6-3-7-13-20/h2-15H,16-17H2,1H3,(H,26,30). The molecule has 166 valence electrons. The molecule has 0 spiro atoms. The zero-order valence-electron chi connectivity index (χ0n) is 18.0. The second-order valence-corrected chi connectivity index (χ2v) is 7.29. The van der Waals surface area contributed by atoms with Crippen LogP contribution in [0, 0.1) is 0 Å². The van der Waals surface area contributed by atoms with Gasteiger partial charge in [-0.25, -0.2) is 4.79 Å². The average Bonchev–Trinajstić information content (AvgIpc) is 2.86. The molecule has 4 aromatic rings. The third-order valence-corrected chi connectivity index (χ3v) is 5.05.